The molecule has 0 bridgehead atoms. The number of halogens is 2. The Kier molecular flexibility index (Phi) is 3.82. The number of nitrogens with zero attached hydrogens (tertiary/aromatic N) is 5. The number of fused-ring (bicyclic) bond motifs is 1. The van der Waals surface area contributed by atoms with E-state index >= 15 is 0 Å². The van der Waals surface area contributed by atoms with E-state index in [9.17, 15) is 4.79 Å². The van der Waals surface area contributed by atoms with Crippen LogP contribution in [0, 0.1) is 0 Å². The zero-order chi connectivity index (χ0) is 15.0. The minimum atomic E-state index is -0.175. The molecule has 0 unspecified atom stereocenters. The van der Waals surface area contributed by atoms with Gasteiger partial charge in [0.25, 0.3) is 5.91 Å². The second kappa shape index (κ2) is 5.61. The van der Waals surface area contributed by atoms with Gasteiger partial charge >= 0.3 is 0 Å². The van der Waals surface area contributed by atoms with E-state index in [1.807, 2.05) is 0 Å². The maximum Gasteiger partial charge on any atom is 0.276 e. The summed E-state index contributed by atoms with van der Waals surface area (Å²) in [5, 5.41) is 8.89. The van der Waals surface area contributed by atoms with Crippen molar-refractivity contribution in [3.8, 4) is 0 Å². The highest BCUT2D eigenvalue weighted by atomic mass is 35.5. The van der Waals surface area contributed by atoms with Crippen molar-refractivity contribution in [2.45, 2.75) is 25.9 Å². The Bertz CT molecular complexity index is 700. The van der Waals surface area contributed by atoms with E-state index in [0.717, 1.165) is 25.1 Å². The Morgan fingerprint density at radius 2 is 2.29 bits per heavy atom. The predicted octanol–water partition coefficient (Wildman–Crippen LogP) is 2.20. The summed E-state index contributed by atoms with van der Waals surface area (Å²) in [4.78, 5) is 18.1. The molecular formula is C13H13Cl2N5O. The molecule has 2 aromatic heterocycles. The van der Waals surface area contributed by atoms with Crippen LogP contribution in [0.15, 0.2) is 12.3 Å². The van der Waals surface area contributed by atoms with Gasteiger partial charge in [-0.1, -0.05) is 28.4 Å². The van der Waals surface area contributed by atoms with Gasteiger partial charge in [0.1, 0.15) is 0 Å². The van der Waals surface area contributed by atoms with Gasteiger partial charge in [-0.2, -0.15) is 0 Å². The Labute approximate surface area is 131 Å². The van der Waals surface area contributed by atoms with Crippen LogP contribution in [-0.2, 0) is 19.5 Å². The molecule has 3 heterocycles. The molecule has 0 radical (unpaired) electrons. The average molecular weight is 326 g/mol. The van der Waals surface area contributed by atoms with Crippen molar-refractivity contribution < 1.29 is 4.79 Å². The third kappa shape index (κ3) is 2.73. The number of hydrogen-bond acceptors (Lipinski definition) is 4. The van der Waals surface area contributed by atoms with Crippen LogP contribution >= 0.6 is 23.2 Å². The van der Waals surface area contributed by atoms with Crippen molar-refractivity contribution in [3.63, 3.8) is 0 Å². The molecule has 21 heavy (non-hydrogen) atoms. The number of rotatable bonds is 3. The van der Waals surface area contributed by atoms with Crippen molar-refractivity contribution in [1.82, 2.24) is 24.9 Å². The fraction of sp³-hybridized carbons (Fsp3) is 0.385. The quantitative estimate of drug-likeness (QED) is 0.867. The number of hydrogen-bond donors (Lipinski definition) is 0. The minimum absolute atomic E-state index is 0.175. The van der Waals surface area contributed by atoms with Gasteiger partial charge in [0, 0.05) is 19.8 Å². The Morgan fingerprint density at radius 3 is 3.05 bits per heavy atom. The number of aryl methyl sites for hydroxylation is 1. The molecule has 1 aliphatic heterocycles. The normalized spacial score (nSPS) is 13.3. The maximum atomic E-state index is 12.5. The first-order valence-electron chi connectivity index (χ1n) is 6.54. The van der Waals surface area contributed by atoms with E-state index in [-0.39, 0.29) is 5.91 Å². The highest BCUT2D eigenvalue weighted by Crippen LogP contribution is 2.21. The summed E-state index contributed by atoms with van der Waals surface area (Å²) in [5.74, 6) is -0.175. The van der Waals surface area contributed by atoms with Crippen LogP contribution in [0.2, 0.25) is 10.0 Å². The molecule has 0 atom stereocenters. The molecule has 0 saturated carbocycles. The number of carbonyl (C=O) groups is 1. The van der Waals surface area contributed by atoms with Crippen LogP contribution in [0.4, 0.5) is 0 Å². The lowest BCUT2D eigenvalue weighted by Crippen LogP contribution is -2.28. The van der Waals surface area contributed by atoms with Crippen molar-refractivity contribution in [2.24, 2.45) is 0 Å². The SMILES string of the molecule is CN(Cc1ncc(Cl)cc1Cl)C(=O)c1nnn2c1CCC2. The third-order valence-electron chi connectivity index (χ3n) is 3.44. The smallest absolute Gasteiger partial charge is 0.276 e. The molecule has 0 aliphatic carbocycles. The van der Waals surface area contributed by atoms with Crippen molar-refractivity contribution in [2.75, 3.05) is 7.05 Å². The van der Waals surface area contributed by atoms with Crippen LogP contribution in [0.5, 0.6) is 0 Å². The predicted molar refractivity (Wildman–Crippen MR) is 78.4 cm³/mol. The molecule has 0 N–H and O–H groups in total. The summed E-state index contributed by atoms with van der Waals surface area (Å²) in [7, 11) is 1.69. The summed E-state index contributed by atoms with van der Waals surface area (Å²) in [5.41, 5.74) is 1.92. The van der Waals surface area contributed by atoms with Gasteiger partial charge < -0.3 is 4.90 Å². The molecule has 8 heteroatoms. The van der Waals surface area contributed by atoms with Gasteiger partial charge in [-0.15, -0.1) is 5.10 Å². The van der Waals surface area contributed by atoms with Crippen LogP contribution in [0.25, 0.3) is 0 Å². The second-order valence-electron chi connectivity index (χ2n) is 4.95. The van der Waals surface area contributed by atoms with Crippen molar-refractivity contribution in [3.05, 3.63) is 39.4 Å². The lowest BCUT2D eigenvalue weighted by Gasteiger charge is -2.16. The minimum Gasteiger partial charge on any atom is -0.334 e. The lowest BCUT2D eigenvalue weighted by molar-refractivity contribution is 0.0776. The van der Waals surface area contributed by atoms with Crippen molar-refractivity contribution in [1.29, 1.82) is 0 Å². The van der Waals surface area contributed by atoms with E-state index in [0.29, 0.717) is 28.0 Å². The Balaban J connectivity index is 1.78. The standard InChI is InChI=1S/C13H13Cl2N5O/c1-19(7-10-9(15)5-8(14)6-16-10)13(21)12-11-3-2-4-20(11)18-17-12/h5-6H,2-4,7H2,1H3. The molecule has 3 rings (SSSR count). The fourth-order valence-corrected chi connectivity index (χ4v) is 2.80. The number of carbonyl (C=O) groups excluding carboxylic acids is 1. The van der Waals surface area contributed by atoms with E-state index < -0.39 is 0 Å². The summed E-state index contributed by atoms with van der Waals surface area (Å²) >= 11 is 11.9. The van der Waals surface area contributed by atoms with E-state index in [1.165, 1.54) is 11.1 Å². The van der Waals surface area contributed by atoms with Crippen LogP contribution in [0.3, 0.4) is 0 Å². The van der Waals surface area contributed by atoms with E-state index in [2.05, 4.69) is 15.3 Å². The first-order chi connectivity index (χ1) is 10.1. The largest absolute Gasteiger partial charge is 0.334 e. The lowest BCUT2D eigenvalue weighted by atomic mass is 10.2. The zero-order valence-electron chi connectivity index (χ0n) is 11.4. The first kappa shape index (κ1) is 14.3. The second-order valence-corrected chi connectivity index (χ2v) is 5.80. The van der Waals surface area contributed by atoms with Gasteiger partial charge in [-0.25, -0.2) is 4.68 Å². The van der Waals surface area contributed by atoms with Crippen LogP contribution in [-0.4, -0.2) is 37.8 Å². The molecule has 1 amide bonds. The highest BCUT2D eigenvalue weighted by molar-refractivity contribution is 6.34. The number of pyridine rings is 1. The fourth-order valence-electron chi connectivity index (χ4n) is 2.36. The molecular weight excluding hydrogens is 313 g/mol. The topological polar surface area (TPSA) is 63.9 Å². The highest BCUT2D eigenvalue weighted by Gasteiger charge is 2.25. The molecule has 0 saturated heterocycles. The van der Waals surface area contributed by atoms with E-state index in [1.54, 1.807) is 17.8 Å². The van der Waals surface area contributed by atoms with Gasteiger partial charge in [-0.05, 0) is 18.9 Å². The molecule has 6 nitrogen and oxygen atoms in total. The zero-order valence-corrected chi connectivity index (χ0v) is 12.9. The average Bonchev–Trinajstić information content (AvgIpc) is 3.03. The molecule has 0 spiro atoms. The summed E-state index contributed by atoms with van der Waals surface area (Å²) < 4.78 is 1.79. The van der Waals surface area contributed by atoms with Crippen LogP contribution < -0.4 is 0 Å². The molecule has 110 valence electrons. The maximum absolute atomic E-state index is 12.5. The number of amides is 1. The third-order valence-corrected chi connectivity index (χ3v) is 3.98. The van der Waals surface area contributed by atoms with E-state index in [4.69, 9.17) is 23.2 Å². The van der Waals surface area contributed by atoms with Gasteiger partial charge in [0.2, 0.25) is 0 Å². The molecule has 0 fully saturated rings. The Hall–Kier alpha value is -1.66. The Morgan fingerprint density at radius 1 is 1.48 bits per heavy atom. The van der Waals surface area contributed by atoms with Gasteiger partial charge in [-0.3, -0.25) is 9.78 Å². The summed E-state index contributed by atoms with van der Waals surface area (Å²) in [6.45, 7) is 1.12. The number of aromatic nitrogens is 4. The summed E-state index contributed by atoms with van der Waals surface area (Å²) in [6.07, 6.45) is 3.35. The van der Waals surface area contributed by atoms with Gasteiger partial charge in [0.15, 0.2) is 5.69 Å². The summed E-state index contributed by atoms with van der Waals surface area (Å²) in [6, 6.07) is 1.61. The first-order valence-corrected chi connectivity index (χ1v) is 7.29. The molecule has 2 aromatic rings. The van der Waals surface area contributed by atoms with Crippen LogP contribution in [0.1, 0.15) is 28.3 Å². The van der Waals surface area contributed by atoms with Crippen molar-refractivity contribution >= 4 is 29.1 Å². The molecule has 1 aliphatic rings. The molecule has 0 aromatic carbocycles. The van der Waals surface area contributed by atoms with Gasteiger partial charge in [0.05, 0.1) is 28.0 Å². The monoisotopic (exact) mass is 325 g/mol.